The molecule has 5 nitrogen and oxygen atoms in total. The van der Waals surface area contributed by atoms with E-state index in [1.54, 1.807) is 13.0 Å². The molecule has 1 amide bonds. The van der Waals surface area contributed by atoms with Crippen LogP contribution in [0.15, 0.2) is 30.3 Å². The van der Waals surface area contributed by atoms with Gasteiger partial charge in [-0.15, -0.1) is 0 Å². The molecule has 5 heteroatoms. The number of benzene rings is 1. The molecule has 0 radical (unpaired) electrons. The Morgan fingerprint density at radius 2 is 1.90 bits per heavy atom. The number of hydrogen-bond donors (Lipinski definition) is 2. The maximum atomic E-state index is 12.2. The van der Waals surface area contributed by atoms with E-state index in [1.165, 1.54) is 0 Å². The number of anilines is 1. The molecule has 0 spiro atoms. The number of nitrogens with two attached hydrogens (primary N) is 1. The standard InChI is InChI=1S/C15H18N4O/c1-10-9-14(11(2)19-18-10)15(20)17-13-5-3-12(4-6-13)7-8-16/h3-6,9H,7-8,16H2,1-2H3,(H,17,20). The van der Waals surface area contributed by atoms with E-state index in [0.717, 1.165) is 23.4 Å². The molecule has 0 fully saturated rings. The molecule has 0 atom stereocenters. The minimum atomic E-state index is -0.174. The summed E-state index contributed by atoms with van der Waals surface area (Å²) in [6.45, 7) is 4.20. The van der Waals surface area contributed by atoms with E-state index in [1.807, 2.05) is 31.2 Å². The van der Waals surface area contributed by atoms with E-state index >= 15 is 0 Å². The Bertz CT molecular complexity index is 608. The number of nitrogens with one attached hydrogen (secondary N) is 1. The van der Waals surface area contributed by atoms with Crippen LogP contribution < -0.4 is 11.1 Å². The van der Waals surface area contributed by atoms with Gasteiger partial charge in [0.1, 0.15) is 0 Å². The van der Waals surface area contributed by atoms with Crippen molar-refractivity contribution in [3.8, 4) is 0 Å². The quantitative estimate of drug-likeness (QED) is 0.888. The second kappa shape index (κ2) is 6.25. The fourth-order valence-corrected chi connectivity index (χ4v) is 1.90. The Kier molecular flexibility index (Phi) is 4.42. The van der Waals surface area contributed by atoms with Gasteiger partial charge in [-0.2, -0.15) is 10.2 Å². The Hall–Kier alpha value is -2.27. The summed E-state index contributed by atoms with van der Waals surface area (Å²) in [7, 11) is 0. The van der Waals surface area contributed by atoms with Gasteiger partial charge in [-0.25, -0.2) is 0 Å². The molecule has 2 rings (SSSR count). The zero-order valence-electron chi connectivity index (χ0n) is 11.7. The normalized spacial score (nSPS) is 10.3. The molecule has 3 N–H and O–H groups in total. The van der Waals surface area contributed by atoms with Crippen LogP contribution in [-0.2, 0) is 6.42 Å². The molecule has 1 aromatic carbocycles. The number of nitrogens with zero attached hydrogens (tertiary/aromatic N) is 2. The molecule has 0 saturated heterocycles. The van der Waals surface area contributed by atoms with Gasteiger partial charge in [-0.3, -0.25) is 4.79 Å². The zero-order chi connectivity index (χ0) is 14.5. The van der Waals surface area contributed by atoms with Crippen LogP contribution >= 0.6 is 0 Å². The van der Waals surface area contributed by atoms with E-state index in [4.69, 9.17) is 5.73 Å². The molecule has 104 valence electrons. The van der Waals surface area contributed by atoms with Crippen LogP contribution in [0, 0.1) is 13.8 Å². The first-order valence-corrected chi connectivity index (χ1v) is 6.51. The predicted molar refractivity (Wildman–Crippen MR) is 78.7 cm³/mol. The smallest absolute Gasteiger partial charge is 0.257 e. The summed E-state index contributed by atoms with van der Waals surface area (Å²) in [5.41, 5.74) is 9.30. The fourth-order valence-electron chi connectivity index (χ4n) is 1.90. The molecular weight excluding hydrogens is 252 g/mol. The average molecular weight is 270 g/mol. The summed E-state index contributed by atoms with van der Waals surface area (Å²) >= 11 is 0. The van der Waals surface area contributed by atoms with Gasteiger partial charge >= 0.3 is 0 Å². The van der Waals surface area contributed by atoms with Crippen molar-refractivity contribution in [2.75, 3.05) is 11.9 Å². The van der Waals surface area contributed by atoms with E-state index in [0.29, 0.717) is 17.8 Å². The highest BCUT2D eigenvalue weighted by Gasteiger charge is 2.11. The summed E-state index contributed by atoms with van der Waals surface area (Å²) in [5.74, 6) is -0.174. The van der Waals surface area contributed by atoms with Gasteiger partial charge in [0.15, 0.2) is 0 Å². The summed E-state index contributed by atoms with van der Waals surface area (Å²) in [4.78, 5) is 12.2. The summed E-state index contributed by atoms with van der Waals surface area (Å²) in [6, 6.07) is 9.41. The molecule has 0 aliphatic carbocycles. The fraction of sp³-hybridized carbons (Fsp3) is 0.267. The highest BCUT2D eigenvalue weighted by Crippen LogP contribution is 2.13. The molecule has 1 aromatic heterocycles. The van der Waals surface area contributed by atoms with Gasteiger partial charge in [0.2, 0.25) is 0 Å². The minimum Gasteiger partial charge on any atom is -0.330 e. The van der Waals surface area contributed by atoms with Crippen LogP contribution in [0.1, 0.15) is 27.3 Å². The van der Waals surface area contributed by atoms with Crippen molar-refractivity contribution in [2.24, 2.45) is 5.73 Å². The zero-order valence-corrected chi connectivity index (χ0v) is 11.7. The maximum absolute atomic E-state index is 12.2. The third-order valence-electron chi connectivity index (χ3n) is 2.99. The number of aryl methyl sites for hydroxylation is 2. The van der Waals surface area contributed by atoms with Crippen molar-refractivity contribution in [1.29, 1.82) is 0 Å². The second-order valence-corrected chi connectivity index (χ2v) is 4.67. The Morgan fingerprint density at radius 1 is 1.20 bits per heavy atom. The molecule has 2 aromatic rings. The Morgan fingerprint density at radius 3 is 2.55 bits per heavy atom. The average Bonchev–Trinajstić information content (AvgIpc) is 2.44. The van der Waals surface area contributed by atoms with Crippen molar-refractivity contribution in [3.63, 3.8) is 0 Å². The van der Waals surface area contributed by atoms with Crippen LogP contribution in [-0.4, -0.2) is 22.6 Å². The molecule has 0 aliphatic heterocycles. The topological polar surface area (TPSA) is 80.9 Å². The molecule has 0 saturated carbocycles. The Balaban J connectivity index is 2.13. The number of carbonyl (C=O) groups excluding carboxylic acids is 1. The van der Waals surface area contributed by atoms with Gasteiger partial charge in [0, 0.05) is 5.69 Å². The van der Waals surface area contributed by atoms with Crippen LogP contribution in [0.4, 0.5) is 5.69 Å². The summed E-state index contributed by atoms with van der Waals surface area (Å²) in [6.07, 6.45) is 0.834. The third-order valence-corrected chi connectivity index (χ3v) is 2.99. The van der Waals surface area contributed by atoms with Crippen molar-refractivity contribution in [3.05, 3.63) is 52.8 Å². The van der Waals surface area contributed by atoms with E-state index in [-0.39, 0.29) is 5.91 Å². The molecule has 1 heterocycles. The number of carbonyl (C=O) groups is 1. The van der Waals surface area contributed by atoms with Crippen molar-refractivity contribution in [1.82, 2.24) is 10.2 Å². The van der Waals surface area contributed by atoms with Gasteiger partial charge in [-0.05, 0) is 50.6 Å². The lowest BCUT2D eigenvalue weighted by Crippen LogP contribution is -2.15. The Labute approximate surface area is 118 Å². The van der Waals surface area contributed by atoms with Crippen LogP contribution in [0.2, 0.25) is 0 Å². The highest BCUT2D eigenvalue weighted by molar-refractivity contribution is 6.05. The minimum absolute atomic E-state index is 0.174. The maximum Gasteiger partial charge on any atom is 0.257 e. The van der Waals surface area contributed by atoms with E-state index in [2.05, 4.69) is 15.5 Å². The van der Waals surface area contributed by atoms with Crippen LogP contribution in [0.3, 0.4) is 0 Å². The van der Waals surface area contributed by atoms with Crippen molar-refractivity contribution in [2.45, 2.75) is 20.3 Å². The molecule has 0 bridgehead atoms. The lowest BCUT2D eigenvalue weighted by atomic mass is 10.1. The van der Waals surface area contributed by atoms with Gasteiger partial charge in [-0.1, -0.05) is 12.1 Å². The lowest BCUT2D eigenvalue weighted by molar-refractivity contribution is 0.102. The van der Waals surface area contributed by atoms with Gasteiger partial charge in [0.25, 0.3) is 5.91 Å². The van der Waals surface area contributed by atoms with Gasteiger partial charge in [0.05, 0.1) is 17.0 Å². The second-order valence-electron chi connectivity index (χ2n) is 4.67. The molecule has 20 heavy (non-hydrogen) atoms. The van der Waals surface area contributed by atoms with Crippen molar-refractivity contribution >= 4 is 11.6 Å². The molecule has 0 aliphatic rings. The first kappa shape index (κ1) is 14.1. The third kappa shape index (κ3) is 3.39. The summed E-state index contributed by atoms with van der Waals surface area (Å²) in [5, 5.41) is 10.7. The monoisotopic (exact) mass is 270 g/mol. The number of amides is 1. The van der Waals surface area contributed by atoms with Crippen LogP contribution in [0.5, 0.6) is 0 Å². The highest BCUT2D eigenvalue weighted by atomic mass is 16.1. The predicted octanol–water partition coefficient (Wildman–Crippen LogP) is 1.85. The first-order chi connectivity index (χ1) is 9.60. The number of rotatable bonds is 4. The van der Waals surface area contributed by atoms with Crippen molar-refractivity contribution < 1.29 is 4.79 Å². The largest absolute Gasteiger partial charge is 0.330 e. The summed E-state index contributed by atoms with van der Waals surface area (Å²) < 4.78 is 0. The van der Waals surface area contributed by atoms with E-state index < -0.39 is 0 Å². The van der Waals surface area contributed by atoms with E-state index in [9.17, 15) is 4.79 Å². The molecular formula is C15H18N4O. The lowest BCUT2D eigenvalue weighted by Gasteiger charge is -2.08. The number of aromatic nitrogens is 2. The first-order valence-electron chi connectivity index (χ1n) is 6.51. The SMILES string of the molecule is Cc1cc(C(=O)Nc2ccc(CCN)cc2)c(C)nn1. The molecule has 0 unspecified atom stereocenters. The van der Waals surface area contributed by atoms with Gasteiger partial charge < -0.3 is 11.1 Å². The number of hydrogen-bond acceptors (Lipinski definition) is 4. The van der Waals surface area contributed by atoms with Crippen LogP contribution in [0.25, 0.3) is 0 Å².